The molecule has 0 fully saturated rings. The molecule has 0 aromatic carbocycles. The van der Waals surface area contributed by atoms with Crippen molar-refractivity contribution in [2.75, 3.05) is 12.5 Å². The van der Waals surface area contributed by atoms with Crippen molar-refractivity contribution < 1.29 is 25.2 Å². The minimum absolute atomic E-state index is 0.0826. The van der Waals surface area contributed by atoms with Crippen molar-refractivity contribution in [2.45, 2.75) is 33.1 Å². The maximum Gasteiger partial charge on any atom is 0.306 e. The molecule has 1 rings (SSSR count). The highest BCUT2D eigenvalue weighted by atomic mass is 32.2. The van der Waals surface area contributed by atoms with Gasteiger partial charge in [-0.3, -0.25) is 0 Å². The molecule has 0 spiro atoms. The Labute approximate surface area is 108 Å². The summed E-state index contributed by atoms with van der Waals surface area (Å²) in [6, 6.07) is 0. The summed E-state index contributed by atoms with van der Waals surface area (Å²) >= 11 is 0. The van der Waals surface area contributed by atoms with Crippen molar-refractivity contribution in [1.29, 1.82) is 0 Å². The average Bonchev–Trinajstić information content (AvgIpc) is 2.04. The monoisotopic (exact) mass is 298 g/mol. The Kier molecular flexibility index (Phi) is 4.02. The fourth-order valence-electron chi connectivity index (χ4n) is 1.74. The Bertz CT molecular complexity index is 553. The zero-order chi connectivity index (χ0) is 14.2. The first-order chi connectivity index (χ1) is 7.88. The number of rotatable bonds is 4. The maximum atomic E-state index is 11.2. The van der Waals surface area contributed by atoms with Crippen LogP contribution in [0.2, 0.25) is 0 Å². The van der Waals surface area contributed by atoms with Crippen molar-refractivity contribution >= 4 is 20.2 Å². The number of hydrogen-bond donors (Lipinski definition) is 0. The first-order valence-electron chi connectivity index (χ1n) is 5.39. The molecule has 106 valence electrons. The van der Waals surface area contributed by atoms with Gasteiger partial charge in [-0.15, -0.1) is 0 Å². The third-order valence-corrected chi connectivity index (χ3v) is 3.49. The minimum Gasteiger partial charge on any atom is -0.383 e. The van der Waals surface area contributed by atoms with Crippen molar-refractivity contribution in [3.8, 4) is 0 Å². The standard InChI is InChI=1S/C10H18O6S2/c1-10(2)6-5-8(15-17(3,11)12)9(7-10)16-18(4,13)14/h5-7H2,1-4H3. The molecular weight excluding hydrogens is 280 g/mol. The SMILES string of the molecule is CC1(C)CCC(OS(C)(=O)=O)=C(OS(C)(=O)=O)C1. The second kappa shape index (κ2) is 4.73. The Morgan fingerprint density at radius 3 is 1.83 bits per heavy atom. The van der Waals surface area contributed by atoms with Gasteiger partial charge in [0.1, 0.15) is 0 Å². The highest BCUT2D eigenvalue weighted by molar-refractivity contribution is 7.86. The van der Waals surface area contributed by atoms with E-state index in [1.54, 1.807) is 0 Å². The molecule has 0 aromatic rings. The van der Waals surface area contributed by atoms with Gasteiger partial charge in [0.15, 0.2) is 11.5 Å². The summed E-state index contributed by atoms with van der Waals surface area (Å²) in [6.07, 6.45) is 3.20. The second-order valence-corrected chi connectivity index (χ2v) is 8.41. The fourth-order valence-corrected chi connectivity index (χ4v) is 2.80. The predicted octanol–water partition coefficient (Wildman–Crippen LogP) is 1.36. The van der Waals surface area contributed by atoms with E-state index in [1.165, 1.54) is 0 Å². The van der Waals surface area contributed by atoms with Gasteiger partial charge in [0.25, 0.3) is 0 Å². The lowest BCUT2D eigenvalue weighted by atomic mass is 9.79. The van der Waals surface area contributed by atoms with Crippen molar-refractivity contribution in [1.82, 2.24) is 0 Å². The topological polar surface area (TPSA) is 86.7 Å². The summed E-state index contributed by atoms with van der Waals surface area (Å²) in [5.41, 5.74) is -0.148. The molecule has 18 heavy (non-hydrogen) atoms. The van der Waals surface area contributed by atoms with Gasteiger partial charge in [-0.05, 0) is 11.8 Å². The number of allylic oxidation sites excluding steroid dienone is 2. The summed E-state index contributed by atoms with van der Waals surface area (Å²) in [4.78, 5) is 0. The molecule has 0 saturated heterocycles. The van der Waals surface area contributed by atoms with Gasteiger partial charge in [-0.1, -0.05) is 13.8 Å². The van der Waals surface area contributed by atoms with Crippen molar-refractivity contribution in [3.05, 3.63) is 11.5 Å². The minimum atomic E-state index is -3.70. The Balaban J connectivity index is 3.11. The third kappa shape index (κ3) is 5.26. The Hall–Kier alpha value is -0.760. The molecule has 8 heteroatoms. The van der Waals surface area contributed by atoms with Crippen LogP contribution in [0.5, 0.6) is 0 Å². The van der Waals surface area contributed by atoms with Crippen molar-refractivity contribution in [2.24, 2.45) is 5.41 Å². The maximum absolute atomic E-state index is 11.2. The second-order valence-electron chi connectivity index (χ2n) is 5.26. The van der Waals surface area contributed by atoms with Gasteiger partial charge < -0.3 is 8.37 Å². The molecule has 0 amide bonds. The van der Waals surface area contributed by atoms with E-state index in [0.29, 0.717) is 19.3 Å². The molecule has 0 aliphatic heterocycles. The zero-order valence-corrected chi connectivity index (χ0v) is 12.5. The van der Waals surface area contributed by atoms with Crippen LogP contribution in [-0.4, -0.2) is 29.3 Å². The molecule has 6 nitrogen and oxygen atoms in total. The normalized spacial score (nSPS) is 20.7. The molecule has 0 N–H and O–H groups in total. The molecule has 0 radical (unpaired) electrons. The lowest BCUT2D eigenvalue weighted by Crippen LogP contribution is -2.23. The highest BCUT2D eigenvalue weighted by Gasteiger charge is 2.32. The third-order valence-electron chi connectivity index (χ3n) is 2.48. The van der Waals surface area contributed by atoms with Crippen LogP contribution >= 0.6 is 0 Å². The van der Waals surface area contributed by atoms with Crippen molar-refractivity contribution in [3.63, 3.8) is 0 Å². The van der Waals surface area contributed by atoms with Gasteiger partial charge in [-0.2, -0.15) is 16.8 Å². The quantitative estimate of drug-likeness (QED) is 0.728. The van der Waals surface area contributed by atoms with Crippen LogP contribution in [0.4, 0.5) is 0 Å². The molecule has 0 unspecified atom stereocenters. The predicted molar refractivity (Wildman–Crippen MR) is 66.5 cm³/mol. The van der Waals surface area contributed by atoms with E-state index < -0.39 is 20.2 Å². The summed E-state index contributed by atoms with van der Waals surface area (Å²) in [5.74, 6) is 0.168. The largest absolute Gasteiger partial charge is 0.383 e. The van der Waals surface area contributed by atoms with Gasteiger partial charge >= 0.3 is 20.2 Å². The lowest BCUT2D eigenvalue weighted by molar-refractivity contribution is 0.214. The molecule has 0 bridgehead atoms. The average molecular weight is 298 g/mol. The molecular formula is C10H18O6S2. The van der Waals surface area contributed by atoms with Crippen LogP contribution in [0.3, 0.4) is 0 Å². The molecule has 1 aliphatic carbocycles. The van der Waals surface area contributed by atoms with E-state index in [0.717, 1.165) is 12.5 Å². The van der Waals surface area contributed by atoms with Crippen LogP contribution in [0.15, 0.2) is 11.5 Å². The Morgan fingerprint density at radius 1 is 0.944 bits per heavy atom. The molecule has 0 aromatic heterocycles. The van der Waals surface area contributed by atoms with Crippen LogP contribution in [-0.2, 0) is 28.6 Å². The van der Waals surface area contributed by atoms with Crippen LogP contribution in [0, 0.1) is 5.41 Å². The van der Waals surface area contributed by atoms with Gasteiger partial charge in [0, 0.05) is 12.8 Å². The molecule has 0 heterocycles. The number of hydrogen-bond acceptors (Lipinski definition) is 6. The zero-order valence-electron chi connectivity index (χ0n) is 10.9. The first kappa shape index (κ1) is 15.3. The van der Waals surface area contributed by atoms with E-state index >= 15 is 0 Å². The van der Waals surface area contributed by atoms with E-state index in [4.69, 9.17) is 8.37 Å². The summed E-state index contributed by atoms with van der Waals surface area (Å²) in [5, 5.41) is 0. The van der Waals surface area contributed by atoms with Gasteiger partial charge in [-0.25, -0.2) is 0 Å². The molecule has 1 aliphatic rings. The van der Waals surface area contributed by atoms with E-state index in [-0.39, 0.29) is 16.9 Å². The molecule has 0 saturated carbocycles. The summed E-state index contributed by atoms with van der Waals surface area (Å²) in [7, 11) is -7.38. The van der Waals surface area contributed by atoms with Crippen LogP contribution < -0.4 is 0 Å². The van der Waals surface area contributed by atoms with E-state index in [1.807, 2.05) is 13.8 Å². The van der Waals surface area contributed by atoms with Crippen LogP contribution in [0.1, 0.15) is 33.1 Å². The summed E-state index contributed by atoms with van der Waals surface area (Å²) < 4.78 is 54.2. The van der Waals surface area contributed by atoms with Gasteiger partial charge in [0.05, 0.1) is 12.5 Å². The first-order valence-corrected chi connectivity index (χ1v) is 9.02. The smallest absolute Gasteiger partial charge is 0.306 e. The Morgan fingerprint density at radius 2 is 1.39 bits per heavy atom. The van der Waals surface area contributed by atoms with Gasteiger partial charge in [0.2, 0.25) is 0 Å². The highest BCUT2D eigenvalue weighted by Crippen LogP contribution is 2.40. The fraction of sp³-hybridized carbons (Fsp3) is 0.800. The van der Waals surface area contributed by atoms with E-state index in [9.17, 15) is 16.8 Å². The lowest BCUT2D eigenvalue weighted by Gasteiger charge is -2.31. The van der Waals surface area contributed by atoms with Crippen LogP contribution in [0.25, 0.3) is 0 Å². The molecule has 0 atom stereocenters. The summed E-state index contributed by atoms with van der Waals surface area (Å²) in [6.45, 7) is 3.91. The van der Waals surface area contributed by atoms with E-state index in [2.05, 4.69) is 0 Å².